The van der Waals surface area contributed by atoms with Crippen LogP contribution in [0.25, 0.3) is 22.2 Å². The number of nitrogens with one attached hydrogen (secondary N) is 1. The largest absolute Gasteiger partial charge is 0.341 e. The zero-order valence-corrected chi connectivity index (χ0v) is 16.5. The lowest BCUT2D eigenvalue weighted by Gasteiger charge is -2.09. The molecule has 1 aromatic heterocycles. The first-order valence-corrected chi connectivity index (χ1v) is 9.71. The van der Waals surface area contributed by atoms with Crippen LogP contribution in [0.15, 0.2) is 83.3 Å². The minimum absolute atomic E-state index is 0.125. The molecule has 0 fully saturated rings. The molecule has 1 N–H and O–H groups in total. The summed E-state index contributed by atoms with van der Waals surface area (Å²) in [5.74, 6) is -0.125. The van der Waals surface area contributed by atoms with Crippen LogP contribution in [0.5, 0.6) is 0 Å². The van der Waals surface area contributed by atoms with Crippen molar-refractivity contribution >= 4 is 38.4 Å². The summed E-state index contributed by atoms with van der Waals surface area (Å²) in [6.07, 6.45) is 0. The second-order valence-electron chi connectivity index (χ2n) is 6.35. The molecular weight excluding hydrogens is 400 g/mol. The van der Waals surface area contributed by atoms with Gasteiger partial charge in [-0.3, -0.25) is 4.79 Å². The highest BCUT2D eigenvalue weighted by Gasteiger charge is 2.12. The summed E-state index contributed by atoms with van der Waals surface area (Å²) in [4.78, 5) is 12.6. The average molecular weight is 419 g/mol. The number of aromatic nitrogens is 1. The van der Waals surface area contributed by atoms with Crippen molar-refractivity contribution in [1.29, 1.82) is 0 Å². The Labute approximate surface area is 166 Å². The fourth-order valence-corrected chi connectivity index (χ4v) is 3.85. The van der Waals surface area contributed by atoms with Crippen molar-refractivity contribution in [3.05, 3.63) is 88.9 Å². The maximum atomic E-state index is 12.6. The van der Waals surface area contributed by atoms with Gasteiger partial charge in [0.1, 0.15) is 0 Å². The normalized spacial score (nSPS) is 10.9. The molecule has 0 saturated carbocycles. The van der Waals surface area contributed by atoms with E-state index >= 15 is 0 Å². The number of aryl methyl sites for hydroxylation is 1. The van der Waals surface area contributed by atoms with Gasteiger partial charge in [-0.1, -0.05) is 42.5 Å². The Hall–Kier alpha value is -2.85. The van der Waals surface area contributed by atoms with Crippen LogP contribution in [0, 0.1) is 0 Å². The Bertz CT molecular complexity index is 1120. The van der Waals surface area contributed by atoms with Crippen molar-refractivity contribution in [2.75, 3.05) is 5.32 Å². The maximum Gasteiger partial charge on any atom is 0.256 e. The van der Waals surface area contributed by atoms with Gasteiger partial charge in [0, 0.05) is 33.3 Å². The number of carbonyl (C=O) groups is 1. The number of fused-ring (bicyclic) bond motifs is 1. The summed E-state index contributed by atoms with van der Waals surface area (Å²) >= 11 is 3.43. The number of hydrogen-bond acceptors (Lipinski definition) is 1. The summed E-state index contributed by atoms with van der Waals surface area (Å²) < 4.78 is 3.08. The minimum atomic E-state index is -0.125. The van der Waals surface area contributed by atoms with Gasteiger partial charge in [0.2, 0.25) is 0 Å². The molecule has 3 nitrogen and oxygen atoms in total. The van der Waals surface area contributed by atoms with E-state index in [2.05, 4.69) is 69.1 Å². The molecule has 4 aromatic rings. The van der Waals surface area contributed by atoms with E-state index in [1.165, 1.54) is 11.3 Å². The van der Waals surface area contributed by atoms with E-state index in [0.29, 0.717) is 5.56 Å². The van der Waals surface area contributed by atoms with E-state index in [-0.39, 0.29) is 5.91 Å². The summed E-state index contributed by atoms with van der Waals surface area (Å²) in [6.45, 7) is 3.03. The Morgan fingerprint density at radius 1 is 0.963 bits per heavy atom. The molecule has 0 atom stereocenters. The lowest BCUT2D eigenvalue weighted by Crippen LogP contribution is -2.12. The van der Waals surface area contributed by atoms with Gasteiger partial charge >= 0.3 is 0 Å². The lowest BCUT2D eigenvalue weighted by atomic mass is 10.1. The zero-order chi connectivity index (χ0) is 18.8. The lowest BCUT2D eigenvalue weighted by molar-refractivity contribution is 0.102. The topological polar surface area (TPSA) is 34.0 Å². The SMILES string of the molecule is CCn1c(-c2ccccc2)cc2cc(NC(=O)c3ccccc3Br)ccc21. The third-order valence-electron chi connectivity index (χ3n) is 4.66. The summed E-state index contributed by atoms with van der Waals surface area (Å²) in [5.41, 5.74) is 4.94. The van der Waals surface area contributed by atoms with Crippen molar-refractivity contribution in [3.63, 3.8) is 0 Å². The third kappa shape index (κ3) is 3.40. The van der Waals surface area contributed by atoms with Gasteiger partial charge in [-0.25, -0.2) is 0 Å². The number of amides is 1. The highest BCUT2D eigenvalue weighted by molar-refractivity contribution is 9.10. The maximum absolute atomic E-state index is 12.6. The Balaban J connectivity index is 1.71. The van der Waals surface area contributed by atoms with Crippen LogP contribution in [0.4, 0.5) is 5.69 Å². The minimum Gasteiger partial charge on any atom is -0.341 e. The third-order valence-corrected chi connectivity index (χ3v) is 5.35. The van der Waals surface area contributed by atoms with Crippen LogP contribution in [0.1, 0.15) is 17.3 Å². The number of anilines is 1. The van der Waals surface area contributed by atoms with Gasteiger partial charge < -0.3 is 9.88 Å². The average Bonchev–Trinajstić information content (AvgIpc) is 3.06. The molecule has 27 heavy (non-hydrogen) atoms. The number of nitrogens with zero attached hydrogens (tertiary/aromatic N) is 1. The number of rotatable bonds is 4. The molecule has 0 aliphatic heterocycles. The first-order valence-electron chi connectivity index (χ1n) is 8.92. The molecule has 0 unspecified atom stereocenters. The molecule has 0 saturated heterocycles. The van der Waals surface area contributed by atoms with Gasteiger partial charge in [-0.05, 0) is 64.8 Å². The first kappa shape index (κ1) is 17.6. The van der Waals surface area contributed by atoms with Crippen molar-refractivity contribution in [3.8, 4) is 11.3 Å². The number of benzene rings is 3. The number of carbonyl (C=O) groups excluding carboxylic acids is 1. The number of hydrogen-bond donors (Lipinski definition) is 1. The predicted octanol–water partition coefficient (Wildman–Crippen LogP) is 6.34. The molecule has 0 spiro atoms. The van der Waals surface area contributed by atoms with E-state index < -0.39 is 0 Å². The van der Waals surface area contributed by atoms with Crippen molar-refractivity contribution < 1.29 is 4.79 Å². The number of halogens is 1. The molecule has 4 rings (SSSR count). The molecule has 0 aliphatic rings. The van der Waals surface area contributed by atoms with Gasteiger partial charge in [-0.15, -0.1) is 0 Å². The molecule has 1 heterocycles. The van der Waals surface area contributed by atoms with E-state index in [9.17, 15) is 4.79 Å². The van der Waals surface area contributed by atoms with Crippen LogP contribution in [-0.4, -0.2) is 10.5 Å². The van der Waals surface area contributed by atoms with Crippen LogP contribution in [0.2, 0.25) is 0 Å². The van der Waals surface area contributed by atoms with Gasteiger partial charge in [-0.2, -0.15) is 0 Å². The highest BCUT2D eigenvalue weighted by atomic mass is 79.9. The molecule has 4 heteroatoms. The zero-order valence-electron chi connectivity index (χ0n) is 14.9. The molecule has 1 amide bonds. The molecular formula is C23H19BrN2O. The highest BCUT2D eigenvalue weighted by Crippen LogP contribution is 2.30. The smallest absolute Gasteiger partial charge is 0.256 e. The van der Waals surface area contributed by atoms with Crippen molar-refractivity contribution in [2.45, 2.75) is 13.5 Å². The van der Waals surface area contributed by atoms with E-state index in [4.69, 9.17) is 0 Å². The van der Waals surface area contributed by atoms with Gasteiger partial charge in [0.15, 0.2) is 0 Å². The first-order chi connectivity index (χ1) is 13.2. The molecule has 0 aliphatic carbocycles. The molecule has 134 valence electrons. The Kier molecular flexibility index (Phi) is 4.82. The van der Waals surface area contributed by atoms with Gasteiger partial charge in [0.05, 0.1) is 5.56 Å². The Morgan fingerprint density at radius 3 is 2.44 bits per heavy atom. The second kappa shape index (κ2) is 7.41. The summed E-state index contributed by atoms with van der Waals surface area (Å²) in [7, 11) is 0. The van der Waals surface area contributed by atoms with E-state index in [0.717, 1.165) is 27.6 Å². The molecule has 0 radical (unpaired) electrons. The predicted molar refractivity (Wildman–Crippen MR) is 115 cm³/mol. The summed E-state index contributed by atoms with van der Waals surface area (Å²) in [6, 6.07) is 26.0. The summed E-state index contributed by atoms with van der Waals surface area (Å²) in [5, 5.41) is 4.11. The monoisotopic (exact) mass is 418 g/mol. The van der Waals surface area contributed by atoms with Crippen LogP contribution in [-0.2, 0) is 6.54 Å². The second-order valence-corrected chi connectivity index (χ2v) is 7.20. The molecule has 3 aromatic carbocycles. The molecule has 0 bridgehead atoms. The fourth-order valence-electron chi connectivity index (χ4n) is 3.38. The standard InChI is InChI=1S/C23H19BrN2O/c1-2-26-21-13-12-18(25-23(27)19-10-6-7-11-20(19)24)14-17(21)15-22(26)16-8-4-3-5-9-16/h3-15H,2H2,1H3,(H,25,27). The van der Waals surface area contributed by atoms with E-state index in [1.54, 1.807) is 6.07 Å². The Morgan fingerprint density at radius 2 is 1.70 bits per heavy atom. The van der Waals surface area contributed by atoms with Crippen molar-refractivity contribution in [1.82, 2.24) is 4.57 Å². The van der Waals surface area contributed by atoms with Crippen LogP contribution in [0.3, 0.4) is 0 Å². The van der Waals surface area contributed by atoms with Crippen LogP contribution < -0.4 is 5.32 Å². The van der Waals surface area contributed by atoms with Crippen molar-refractivity contribution in [2.24, 2.45) is 0 Å². The van der Waals surface area contributed by atoms with Gasteiger partial charge in [0.25, 0.3) is 5.91 Å². The van der Waals surface area contributed by atoms with Crippen LogP contribution >= 0.6 is 15.9 Å². The fraction of sp³-hybridized carbons (Fsp3) is 0.0870. The quantitative estimate of drug-likeness (QED) is 0.411. The van der Waals surface area contributed by atoms with E-state index in [1.807, 2.05) is 36.4 Å².